The lowest BCUT2D eigenvalue weighted by Gasteiger charge is -2.28. The fourth-order valence-electron chi connectivity index (χ4n) is 3.58. The van der Waals surface area contributed by atoms with Gasteiger partial charge in [-0.25, -0.2) is 4.79 Å². The van der Waals surface area contributed by atoms with Crippen LogP contribution in [0, 0.1) is 11.8 Å². The average molecular weight is 477 g/mol. The van der Waals surface area contributed by atoms with E-state index in [2.05, 4.69) is 16.9 Å². The number of aromatic nitrogens is 2. The molecule has 1 aliphatic heterocycles. The second-order valence-corrected chi connectivity index (χ2v) is 8.45. The van der Waals surface area contributed by atoms with E-state index in [0.717, 1.165) is 0 Å². The van der Waals surface area contributed by atoms with Gasteiger partial charge in [0.25, 0.3) is 5.91 Å². The number of alkyl halides is 3. The molecule has 1 aromatic heterocycles. The first-order chi connectivity index (χ1) is 15.9. The van der Waals surface area contributed by atoms with E-state index in [9.17, 15) is 27.9 Å². The summed E-state index contributed by atoms with van der Waals surface area (Å²) >= 11 is 0. The quantitative estimate of drug-likeness (QED) is 0.528. The number of benzene rings is 1. The van der Waals surface area contributed by atoms with Crippen LogP contribution in [0.15, 0.2) is 24.3 Å². The van der Waals surface area contributed by atoms with Crippen molar-refractivity contribution in [3.63, 3.8) is 0 Å². The topological polar surface area (TPSA) is 84.7 Å². The smallest absolute Gasteiger partial charge is 0.390 e. The number of ether oxygens (including phenoxy) is 1. The lowest BCUT2D eigenvalue weighted by molar-refractivity contribution is -0.137. The van der Waals surface area contributed by atoms with Crippen molar-refractivity contribution in [2.75, 3.05) is 13.2 Å². The van der Waals surface area contributed by atoms with Crippen LogP contribution < -0.4 is 0 Å². The molecular weight excluding hydrogens is 451 g/mol. The van der Waals surface area contributed by atoms with Gasteiger partial charge in [-0.05, 0) is 39.0 Å². The van der Waals surface area contributed by atoms with Gasteiger partial charge in [0.1, 0.15) is 5.60 Å². The molecule has 0 saturated carbocycles. The zero-order chi connectivity index (χ0) is 25.1. The van der Waals surface area contributed by atoms with E-state index in [0.29, 0.717) is 22.4 Å². The van der Waals surface area contributed by atoms with Crippen LogP contribution in [0.3, 0.4) is 0 Å². The summed E-state index contributed by atoms with van der Waals surface area (Å²) < 4.78 is 44.5. The third kappa shape index (κ3) is 6.38. The third-order valence-corrected chi connectivity index (χ3v) is 5.12. The number of carbonyl (C=O) groups is 2. The number of fused-ring (bicyclic) bond motifs is 1. The fraction of sp³-hybridized carbons (Fsp3) is 0.458. The van der Waals surface area contributed by atoms with Crippen LogP contribution in [0.5, 0.6) is 0 Å². The minimum Gasteiger partial charge on any atom is -0.461 e. The van der Waals surface area contributed by atoms with Gasteiger partial charge in [0.05, 0.1) is 19.6 Å². The summed E-state index contributed by atoms with van der Waals surface area (Å²) in [5.41, 5.74) is 0.575. The first kappa shape index (κ1) is 25.3. The Morgan fingerprint density at radius 2 is 2.00 bits per heavy atom. The monoisotopic (exact) mass is 477 g/mol. The molecule has 0 atom stereocenters. The SMILES string of the molecule is CCOC(=O)c1nn(CCC(F)(F)F)c2c1CN(C(=O)c1cccc(C#CC(C)(C)O)c1)CC2. The molecule has 2 heterocycles. The number of esters is 1. The molecule has 0 saturated heterocycles. The summed E-state index contributed by atoms with van der Waals surface area (Å²) in [4.78, 5) is 27.1. The lowest BCUT2D eigenvalue weighted by atomic mass is 10.0. The summed E-state index contributed by atoms with van der Waals surface area (Å²) in [5, 5.41) is 13.9. The number of hydrogen-bond donors (Lipinski definition) is 1. The highest BCUT2D eigenvalue weighted by Crippen LogP contribution is 2.27. The Morgan fingerprint density at radius 3 is 2.65 bits per heavy atom. The zero-order valence-corrected chi connectivity index (χ0v) is 19.2. The first-order valence-electron chi connectivity index (χ1n) is 10.9. The van der Waals surface area contributed by atoms with Gasteiger partial charge < -0.3 is 14.7 Å². The second-order valence-electron chi connectivity index (χ2n) is 8.45. The molecule has 1 amide bonds. The number of carbonyl (C=O) groups excluding carboxylic acids is 2. The number of nitrogens with zero attached hydrogens (tertiary/aromatic N) is 3. The van der Waals surface area contributed by atoms with Gasteiger partial charge in [0.15, 0.2) is 5.69 Å². The normalized spacial score (nSPS) is 13.7. The standard InChI is InChI=1S/C24H26F3N3O4/c1-4-34-22(32)20-18-15-29(12-9-19(18)30(28-20)13-11-24(25,26)27)21(31)17-7-5-6-16(14-17)8-10-23(2,3)33/h5-7,14,33H,4,9,11-13,15H2,1-3H3. The third-order valence-electron chi connectivity index (χ3n) is 5.12. The Labute approximate surface area is 195 Å². The number of aliphatic hydroxyl groups is 1. The molecule has 0 radical (unpaired) electrons. The van der Waals surface area contributed by atoms with E-state index in [4.69, 9.17) is 4.74 Å². The van der Waals surface area contributed by atoms with Gasteiger partial charge in [-0.2, -0.15) is 18.3 Å². The van der Waals surface area contributed by atoms with E-state index in [1.54, 1.807) is 45.0 Å². The highest BCUT2D eigenvalue weighted by Gasteiger charge is 2.33. The van der Waals surface area contributed by atoms with Crippen molar-refractivity contribution in [2.24, 2.45) is 0 Å². The van der Waals surface area contributed by atoms with Gasteiger partial charge in [-0.3, -0.25) is 9.48 Å². The maximum Gasteiger partial charge on any atom is 0.390 e. The molecule has 0 spiro atoms. The Kier molecular flexibility index (Phi) is 7.36. The molecule has 0 bridgehead atoms. The van der Waals surface area contributed by atoms with Crippen molar-refractivity contribution in [2.45, 2.75) is 58.5 Å². The molecule has 2 aromatic rings. The summed E-state index contributed by atoms with van der Waals surface area (Å²) in [6, 6.07) is 6.63. The van der Waals surface area contributed by atoms with Crippen molar-refractivity contribution >= 4 is 11.9 Å². The lowest BCUT2D eigenvalue weighted by Crippen LogP contribution is -2.37. The van der Waals surface area contributed by atoms with E-state index >= 15 is 0 Å². The van der Waals surface area contributed by atoms with Crippen LogP contribution in [0.4, 0.5) is 13.2 Å². The second kappa shape index (κ2) is 9.89. The van der Waals surface area contributed by atoms with Crippen LogP contribution in [0.1, 0.15) is 64.9 Å². The molecule has 34 heavy (non-hydrogen) atoms. The summed E-state index contributed by atoms with van der Waals surface area (Å²) in [6.07, 6.45) is -5.19. The Hall–Kier alpha value is -3.32. The Bertz CT molecular complexity index is 1140. The minimum absolute atomic E-state index is 0.0217. The van der Waals surface area contributed by atoms with Crippen LogP contribution in [0.2, 0.25) is 0 Å². The van der Waals surface area contributed by atoms with Gasteiger partial charge in [0, 0.05) is 41.9 Å². The summed E-state index contributed by atoms with van der Waals surface area (Å²) in [6.45, 7) is 4.67. The predicted octanol–water partition coefficient (Wildman–Crippen LogP) is 3.33. The van der Waals surface area contributed by atoms with E-state index < -0.39 is 30.7 Å². The molecule has 182 valence electrons. The highest BCUT2D eigenvalue weighted by atomic mass is 19.4. The van der Waals surface area contributed by atoms with Crippen LogP contribution in [-0.2, 0) is 24.2 Å². The first-order valence-corrected chi connectivity index (χ1v) is 10.9. The number of hydrogen-bond acceptors (Lipinski definition) is 5. The minimum atomic E-state index is -4.36. The average Bonchev–Trinajstić information content (AvgIpc) is 3.13. The largest absolute Gasteiger partial charge is 0.461 e. The molecule has 7 nitrogen and oxygen atoms in total. The Morgan fingerprint density at radius 1 is 1.26 bits per heavy atom. The Balaban J connectivity index is 1.87. The van der Waals surface area contributed by atoms with Gasteiger partial charge in [-0.15, -0.1) is 0 Å². The van der Waals surface area contributed by atoms with E-state index in [1.165, 1.54) is 9.58 Å². The van der Waals surface area contributed by atoms with Crippen LogP contribution in [-0.4, -0.2) is 56.6 Å². The zero-order valence-electron chi connectivity index (χ0n) is 19.2. The van der Waals surface area contributed by atoms with E-state index in [1.807, 2.05) is 0 Å². The maximum absolute atomic E-state index is 13.2. The van der Waals surface area contributed by atoms with Gasteiger partial charge in [-0.1, -0.05) is 17.9 Å². The van der Waals surface area contributed by atoms with Crippen LogP contribution >= 0.6 is 0 Å². The van der Waals surface area contributed by atoms with Crippen molar-refractivity contribution in [3.8, 4) is 11.8 Å². The molecule has 0 unspecified atom stereocenters. The van der Waals surface area contributed by atoms with Crippen molar-refractivity contribution < 1.29 is 32.6 Å². The number of amides is 1. The maximum atomic E-state index is 13.2. The number of halogens is 3. The molecule has 1 aliphatic rings. The van der Waals surface area contributed by atoms with Crippen molar-refractivity contribution in [3.05, 3.63) is 52.3 Å². The van der Waals surface area contributed by atoms with Gasteiger partial charge in [0.2, 0.25) is 0 Å². The van der Waals surface area contributed by atoms with Gasteiger partial charge >= 0.3 is 12.1 Å². The fourth-order valence-corrected chi connectivity index (χ4v) is 3.58. The molecule has 1 N–H and O–H groups in total. The van der Waals surface area contributed by atoms with Crippen molar-refractivity contribution in [1.29, 1.82) is 0 Å². The number of aryl methyl sites for hydroxylation is 1. The molecule has 3 rings (SSSR count). The number of rotatable bonds is 5. The summed E-state index contributed by atoms with van der Waals surface area (Å²) in [5.74, 6) is 4.48. The van der Waals surface area contributed by atoms with E-state index in [-0.39, 0.29) is 37.7 Å². The predicted molar refractivity (Wildman–Crippen MR) is 117 cm³/mol. The summed E-state index contributed by atoms with van der Waals surface area (Å²) in [7, 11) is 0. The highest BCUT2D eigenvalue weighted by molar-refractivity contribution is 5.95. The molecule has 1 aromatic carbocycles. The van der Waals surface area contributed by atoms with Crippen molar-refractivity contribution in [1.82, 2.24) is 14.7 Å². The molecular formula is C24H26F3N3O4. The van der Waals surface area contributed by atoms with Crippen LogP contribution in [0.25, 0.3) is 0 Å². The molecule has 0 aliphatic carbocycles. The molecule has 10 heteroatoms. The molecule has 0 fully saturated rings.